The number of pyridine rings is 1. The highest BCUT2D eigenvalue weighted by molar-refractivity contribution is 6.29. The van der Waals surface area contributed by atoms with Crippen LogP contribution in [0, 0.1) is 6.92 Å². The first-order valence-corrected chi connectivity index (χ1v) is 4.05. The summed E-state index contributed by atoms with van der Waals surface area (Å²) >= 11 is 5.67. The van der Waals surface area contributed by atoms with Crippen LogP contribution in [0.3, 0.4) is 0 Å². The molecule has 0 unspecified atom stereocenters. The number of carbonyl (C=O) groups is 1. The summed E-state index contributed by atoms with van der Waals surface area (Å²) in [5.41, 5.74) is 1.36. The van der Waals surface area contributed by atoms with E-state index in [1.165, 1.54) is 10.8 Å². The van der Waals surface area contributed by atoms with E-state index in [0.717, 1.165) is 0 Å². The summed E-state index contributed by atoms with van der Waals surface area (Å²) in [5, 5.41) is 0.378. The Morgan fingerprint density at radius 1 is 1.62 bits per heavy atom. The Morgan fingerprint density at radius 3 is 3.08 bits per heavy atom. The van der Waals surface area contributed by atoms with Crippen LogP contribution in [0.25, 0.3) is 11.0 Å². The smallest absolute Gasteiger partial charge is 0.219 e. The van der Waals surface area contributed by atoms with Crippen molar-refractivity contribution in [3.05, 3.63) is 23.2 Å². The van der Waals surface area contributed by atoms with Crippen LogP contribution in [0.5, 0.6) is 0 Å². The fourth-order valence-corrected chi connectivity index (χ4v) is 1.38. The van der Waals surface area contributed by atoms with Crippen LogP contribution >= 0.6 is 11.6 Å². The molecule has 66 valence electrons. The van der Waals surface area contributed by atoms with E-state index < -0.39 is 0 Å². The molecule has 0 fully saturated rings. The van der Waals surface area contributed by atoms with Crippen LogP contribution in [-0.4, -0.2) is 20.9 Å². The van der Waals surface area contributed by atoms with Crippen molar-refractivity contribution in [1.29, 1.82) is 0 Å². The first-order valence-electron chi connectivity index (χ1n) is 3.68. The molecule has 5 heteroatoms. The third-order valence-corrected chi connectivity index (χ3v) is 2.03. The van der Waals surface area contributed by atoms with Crippen molar-refractivity contribution < 1.29 is 4.79 Å². The van der Waals surface area contributed by atoms with Crippen molar-refractivity contribution in [3.8, 4) is 0 Å². The van der Waals surface area contributed by atoms with Gasteiger partial charge in [-0.3, -0.25) is 9.36 Å². The molecule has 0 amide bonds. The molecular formula is C8H6ClN3O. The predicted octanol–water partition coefficient (Wildman–Crippen LogP) is 1.43. The van der Waals surface area contributed by atoms with E-state index in [1.807, 2.05) is 0 Å². The molecule has 0 aliphatic rings. The molecular weight excluding hydrogens is 190 g/mol. The predicted molar refractivity (Wildman–Crippen MR) is 49.4 cm³/mol. The van der Waals surface area contributed by atoms with Crippen LogP contribution in [0.2, 0.25) is 5.15 Å². The van der Waals surface area contributed by atoms with Crippen LogP contribution < -0.4 is 0 Å². The summed E-state index contributed by atoms with van der Waals surface area (Å²) in [6.07, 6.45) is 2.24. The topological polar surface area (TPSA) is 47.8 Å². The number of hydrogen-bond donors (Lipinski definition) is 0. The van der Waals surface area contributed by atoms with Gasteiger partial charge in [0.1, 0.15) is 11.0 Å². The third kappa shape index (κ3) is 1.19. The average molecular weight is 196 g/mol. The lowest BCUT2D eigenvalue weighted by molar-refractivity contribution is 0.547. The summed E-state index contributed by atoms with van der Waals surface area (Å²) in [7, 11) is 0. The Hall–Kier alpha value is -1.42. The molecule has 4 nitrogen and oxygen atoms in total. The highest BCUT2D eigenvalue weighted by Gasteiger charge is 2.06. The van der Waals surface area contributed by atoms with Crippen LogP contribution in [0.15, 0.2) is 12.3 Å². The third-order valence-electron chi connectivity index (χ3n) is 1.82. The van der Waals surface area contributed by atoms with Gasteiger partial charge in [-0.05, 0) is 6.92 Å². The molecule has 2 aromatic heterocycles. The lowest BCUT2D eigenvalue weighted by Crippen LogP contribution is -1.96. The zero-order chi connectivity index (χ0) is 9.42. The number of imidazole rings is 1. The SMILES string of the molecule is Cc1nc2cc(Cl)ncc2n1C=O. The van der Waals surface area contributed by atoms with Gasteiger partial charge >= 0.3 is 0 Å². The van der Waals surface area contributed by atoms with Gasteiger partial charge in [-0.2, -0.15) is 0 Å². The molecule has 2 heterocycles. The lowest BCUT2D eigenvalue weighted by atomic mass is 10.4. The molecule has 0 atom stereocenters. The van der Waals surface area contributed by atoms with E-state index >= 15 is 0 Å². The average Bonchev–Trinajstić information content (AvgIpc) is 2.39. The van der Waals surface area contributed by atoms with Crippen molar-refractivity contribution in [2.24, 2.45) is 0 Å². The van der Waals surface area contributed by atoms with Gasteiger partial charge in [0.15, 0.2) is 0 Å². The second-order valence-electron chi connectivity index (χ2n) is 2.63. The van der Waals surface area contributed by atoms with Gasteiger partial charge in [-0.1, -0.05) is 11.6 Å². The van der Waals surface area contributed by atoms with E-state index in [1.54, 1.807) is 13.0 Å². The second kappa shape index (κ2) is 2.81. The zero-order valence-corrected chi connectivity index (χ0v) is 7.62. The van der Waals surface area contributed by atoms with E-state index in [9.17, 15) is 4.79 Å². The van der Waals surface area contributed by atoms with Crippen LogP contribution in [0.1, 0.15) is 5.82 Å². The minimum absolute atomic E-state index is 0.378. The molecule has 0 bridgehead atoms. The summed E-state index contributed by atoms with van der Waals surface area (Å²) in [6.45, 7) is 1.75. The molecule has 0 aliphatic heterocycles. The first kappa shape index (κ1) is 8.19. The Balaban J connectivity index is 2.86. The summed E-state index contributed by atoms with van der Waals surface area (Å²) < 4.78 is 1.43. The van der Waals surface area contributed by atoms with Crippen molar-refractivity contribution in [3.63, 3.8) is 0 Å². The molecule has 2 aromatic rings. The Morgan fingerprint density at radius 2 is 2.38 bits per heavy atom. The minimum Gasteiger partial charge on any atom is -0.278 e. The van der Waals surface area contributed by atoms with Gasteiger partial charge < -0.3 is 0 Å². The van der Waals surface area contributed by atoms with Crippen molar-refractivity contribution in [1.82, 2.24) is 14.5 Å². The molecule has 0 saturated heterocycles. The Bertz CT molecular complexity index is 477. The van der Waals surface area contributed by atoms with E-state index in [0.29, 0.717) is 28.4 Å². The van der Waals surface area contributed by atoms with Gasteiger partial charge in [0.2, 0.25) is 6.41 Å². The lowest BCUT2D eigenvalue weighted by Gasteiger charge is -1.93. The van der Waals surface area contributed by atoms with Crippen molar-refractivity contribution in [2.75, 3.05) is 0 Å². The van der Waals surface area contributed by atoms with Gasteiger partial charge in [0.05, 0.1) is 17.2 Å². The summed E-state index contributed by atoms with van der Waals surface area (Å²) in [4.78, 5) is 18.7. The summed E-state index contributed by atoms with van der Waals surface area (Å²) in [6, 6.07) is 1.63. The van der Waals surface area contributed by atoms with Gasteiger partial charge in [-0.15, -0.1) is 0 Å². The number of hydrogen-bond acceptors (Lipinski definition) is 3. The fourth-order valence-electron chi connectivity index (χ4n) is 1.22. The quantitative estimate of drug-likeness (QED) is 0.511. The number of nitrogens with zero attached hydrogens (tertiary/aromatic N) is 3. The maximum atomic E-state index is 10.6. The molecule has 13 heavy (non-hydrogen) atoms. The maximum absolute atomic E-state index is 10.6. The molecule has 0 spiro atoms. The fraction of sp³-hybridized carbons (Fsp3) is 0.125. The molecule has 0 aliphatic carbocycles. The van der Waals surface area contributed by atoms with Crippen LogP contribution in [-0.2, 0) is 4.79 Å². The Kier molecular flexibility index (Phi) is 1.77. The highest BCUT2D eigenvalue weighted by atomic mass is 35.5. The van der Waals surface area contributed by atoms with Crippen molar-refractivity contribution in [2.45, 2.75) is 6.92 Å². The molecule has 0 radical (unpaired) electrons. The standard InChI is InChI=1S/C8H6ClN3O/c1-5-11-6-2-8(9)10-3-7(6)12(5)4-13/h2-4H,1H3. The van der Waals surface area contributed by atoms with Crippen LogP contribution in [0.4, 0.5) is 0 Å². The first-order chi connectivity index (χ1) is 6.22. The number of aromatic nitrogens is 3. The number of fused-ring (bicyclic) bond motifs is 1. The molecule has 0 aromatic carbocycles. The molecule has 2 rings (SSSR count). The van der Waals surface area contributed by atoms with E-state index in [2.05, 4.69) is 9.97 Å². The van der Waals surface area contributed by atoms with E-state index in [-0.39, 0.29) is 0 Å². The number of rotatable bonds is 1. The molecule has 0 N–H and O–H groups in total. The van der Waals surface area contributed by atoms with E-state index in [4.69, 9.17) is 11.6 Å². The summed E-state index contributed by atoms with van der Waals surface area (Å²) in [5.74, 6) is 0.633. The largest absolute Gasteiger partial charge is 0.278 e. The highest BCUT2D eigenvalue weighted by Crippen LogP contribution is 2.16. The normalized spacial score (nSPS) is 10.6. The Labute approximate surface area is 79.2 Å². The zero-order valence-electron chi connectivity index (χ0n) is 6.86. The number of aryl methyl sites for hydroxylation is 1. The van der Waals surface area contributed by atoms with Crippen molar-refractivity contribution >= 4 is 29.0 Å². The maximum Gasteiger partial charge on any atom is 0.219 e. The van der Waals surface area contributed by atoms with Gasteiger partial charge in [0.25, 0.3) is 0 Å². The molecule has 0 saturated carbocycles. The van der Waals surface area contributed by atoms with Gasteiger partial charge in [0, 0.05) is 6.07 Å². The number of halogens is 1. The minimum atomic E-state index is 0.378. The number of carbonyl (C=O) groups excluding carboxylic acids is 1. The monoisotopic (exact) mass is 195 g/mol. The second-order valence-corrected chi connectivity index (χ2v) is 3.02. The van der Waals surface area contributed by atoms with Gasteiger partial charge in [-0.25, -0.2) is 9.97 Å².